The van der Waals surface area contributed by atoms with E-state index in [4.69, 9.17) is 0 Å². The van der Waals surface area contributed by atoms with Gasteiger partial charge in [-0.05, 0) is 30.6 Å². The monoisotopic (exact) mass is 212 g/mol. The lowest BCUT2D eigenvalue weighted by Crippen LogP contribution is -2.30. The third-order valence-corrected chi connectivity index (χ3v) is 4.16. The van der Waals surface area contributed by atoms with Crippen molar-refractivity contribution in [2.45, 2.75) is 59.8 Å². The largest absolute Gasteiger partial charge is 0.481 e. The summed E-state index contributed by atoms with van der Waals surface area (Å²) in [5, 5.41) is 9.46. The molecule has 1 N–H and O–H groups in total. The molecule has 1 rings (SSSR count). The van der Waals surface area contributed by atoms with Gasteiger partial charge in [0.15, 0.2) is 0 Å². The molecule has 1 aliphatic rings. The maximum atomic E-state index is 11.5. The summed E-state index contributed by atoms with van der Waals surface area (Å²) in [6.45, 7) is 8.49. The second kappa shape index (κ2) is 4.15. The summed E-state index contributed by atoms with van der Waals surface area (Å²) < 4.78 is 0. The van der Waals surface area contributed by atoms with Crippen LogP contribution in [0, 0.1) is 16.7 Å². The normalized spacial score (nSPS) is 28.1. The van der Waals surface area contributed by atoms with Gasteiger partial charge in [-0.15, -0.1) is 0 Å². The average Bonchev–Trinajstić information content (AvgIpc) is 2.70. The van der Waals surface area contributed by atoms with Crippen molar-refractivity contribution >= 4 is 5.97 Å². The lowest BCUT2D eigenvalue weighted by Gasteiger charge is -2.26. The Labute approximate surface area is 93.1 Å². The molecule has 0 aromatic carbocycles. The molecule has 1 fully saturated rings. The Bertz CT molecular complexity index is 239. The predicted molar refractivity (Wildman–Crippen MR) is 61.8 cm³/mol. The van der Waals surface area contributed by atoms with Crippen LogP contribution in [-0.2, 0) is 4.79 Å². The van der Waals surface area contributed by atoms with E-state index in [0.717, 1.165) is 32.1 Å². The lowest BCUT2D eigenvalue weighted by atomic mass is 9.77. The Balaban J connectivity index is 2.84. The molecule has 0 amide bonds. The van der Waals surface area contributed by atoms with E-state index in [-0.39, 0.29) is 5.41 Å². The number of rotatable bonds is 6. The molecule has 2 heteroatoms. The quantitative estimate of drug-likeness (QED) is 0.729. The zero-order valence-corrected chi connectivity index (χ0v) is 10.5. The van der Waals surface area contributed by atoms with Gasteiger partial charge in [0, 0.05) is 0 Å². The minimum atomic E-state index is -0.570. The van der Waals surface area contributed by atoms with Crippen molar-refractivity contribution in [1.82, 2.24) is 0 Å². The average molecular weight is 212 g/mol. The number of carbonyl (C=O) groups is 1. The fourth-order valence-electron chi connectivity index (χ4n) is 3.22. The zero-order valence-electron chi connectivity index (χ0n) is 10.5. The summed E-state index contributed by atoms with van der Waals surface area (Å²) in [6, 6.07) is 0. The molecule has 1 aliphatic carbocycles. The van der Waals surface area contributed by atoms with E-state index < -0.39 is 11.4 Å². The molecule has 0 heterocycles. The van der Waals surface area contributed by atoms with E-state index in [1.165, 1.54) is 0 Å². The number of hydrogen-bond acceptors (Lipinski definition) is 1. The van der Waals surface area contributed by atoms with Crippen LogP contribution in [0.25, 0.3) is 0 Å². The van der Waals surface area contributed by atoms with Gasteiger partial charge in [-0.25, -0.2) is 0 Å². The predicted octanol–water partition coefficient (Wildman–Crippen LogP) is 3.70. The van der Waals surface area contributed by atoms with Gasteiger partial charge in [0.05, 0.1) is 5.41 Å². The van der Waals surface area contributed by atoms with E-state index in [0.29, 0.717) is 5.92 Å². The number of carboxylic acids is 1. The first-order valence-corrected chi connectivity index (χ1v) is 6.15. The van der Waals surface area contributed by atoms with Crippen LogP contribution < -0.4 is 0 Å². The van der Waals surface area contributed by atoms with Crippen LogP contribution in [0.5, 0.6) is 0 Å². The molecule has 88 valence electrons. The summed E-state index contributed by atoms with van der Waals surface area (Å²) in [7, 11) is 0. The van der Waals surface area contributed by atoms with E-state index in [1.54, 1.807) is 0 Å². The first-order chi connectivity index (χ1) is 6.92. The topological polar surface area (TPSA) is 37.3 Å². The van der Waals surface area contributed by atoms with Crippen LogP contribution in [0.4, 0.5) is 0 Å². The summed E-state index contributed by atoms with van der Waals surface area (Å²) >= 11 is 0. The summed E-state index contributed by atoms with van der Waals surface area (Å²) in [4.78, 5) is 11.5. The van der Waals surface area contributed by atoms with Gasteiger partial charge in [-0.2, -0.15) is 0 Å². The Kier molecular flexibility index (Phi) is 3.47. The summed E-state index contributed by atoms with van der Waals surface area (Å²) in [5.41, 5.74) is -0.410. The van der Waals surface area contributed by atoms with E-state index >= 15 is 0 Å². The SMILES string of the molecule is CCCC(CCC)C1(C(=O)O)CC1(C)C. The number of carboxylic acid groups (broad SMARTS) is 1. The second-order valence-corrected chi connectivity index (χ2v) is 5.61. The molecular weight excluding hydrogens is 188 g/mol. The molecule has 1 atom stereocenters. The third-order valence-electron chi connectivity index (χ3n) is 4.16. The fraction of sp³-hybridized carbons (Fsp3) is 0.923. The van der Waals surface area contributed by atoms with Gasteiger partial charge in [0.25, 0.3) is 0 Å². The molecular formula is C13H24O2. The van der Waals surface area contributed by atoms with Crippen LogP contribution in [0.15, 0.2) is 0 Å². The van der Waals surface area contributed by atoms with E-state index in [9.17, 15) is 9.90 Å². The molecule has 0 radical (unpaired) electrons. The summed E-state index contributed by atoms with van der Waals surface area (Å²) in [5.74, 6) is -0.195. The van der Waals surface area contributed by atoms with Gasteiger partial charge in [-0.1, -0.05) is 40.5 Å². The molecule has 0 aliphatic heterocycles. The van der Waals surface area contributed by atoms with Gasteiger partial charge in [0.1, 0.15) is 0 Å². The third kappa shape index (κ3) is 1.91. The number of hydrogen-bond donors (Lipinski definition) is 1. The molecule has 15 heavy (non-hydrogen) atoms. The molecule has 0 spiro atoms. The van der Waals surface area contributed by atoms with Crippen LogP contribution in [0.3, 0.4) is 0 Å². The standard InChI is InChI=1S/C13H24O2/c1-5-7-10(8-6-2)13(11(14)15)9-12(13,3)4/h10H,5-9H2,1-4H3,(H,14,15). The van der Waals surface area contributed by atoms with E-state index in [1.807, 2.05) is 0 Å². The highest BCUT2D eigenvalue weighted by molar-refractivity contribution is 5.80. The van der Waals surface area contributed by atoms with Gasteiger partial charge >= 0.3 is 5.97 Å². The van der Waals surface area contributed by atoms with E-state index in [2.05, 4.69) is 27.7 Å². The molecule has 0 bridgehead atoms. The molecule has 0 saturated heterocycles. The Morgan fingerprint density at radius 1 is 1.27 bits per heavy atom. The zero-order chi connectivity index (χ0) is 11.7. The van der Waals surface area contributed by atoms with Gasteiger partial charge in [-0.3, -0.25) is 4.79 Å². The lowest BCUT2D eigenvalue weighted by molar-refractivity contribution is -0.147. The minimum Gasteiger partial charge on any atom is -0.481 e. The van der Waals surface area contributed by atoms with Crippen molar-refractivity contribution in [3.05, 3.63) is 0 Å². The van der Waals surface area contributed by atoms with Crippen molar-refractivity contribution in [3.63, 3.8) is 0 Å². The maximum absolute atomic E-state index is 11.5. The molecule has 1 unspecified atom stereocenters. The number of aliphatic carboxylic acids is 1. The van der Waals surface area contributed by atoms with Crippen molar-refractivity contribution < 1.29 is 9.90 Å². The maximum Gasteiger partial charge on any atom is 0.310 e. The highest BCUT2D eigenvalue weighted by Gasteiger charge is 2.69. The van der Waals surface area contributed by atoms with Crippen molar-refractivity contribution in [2.24, 2.45) is 16.7 Å². The van der Waals surface area contributed by atoms with Gasteiger partial charge in [0.2, 0.25) is 0 Å². The molecule has 1 saturated carbocycles. The molecule has 0 aromatic rings. The summed E-state index contributed by atoms with van der Waals surface area (Å²) in [6.07, 6.45) is 5.17. The first kappa shape index (κ1) is 12.5. The van der Waals surface area contributed by atoms with Crippen molar-refractivity contribution in [3.8, 4) is 0 Å². The Hall–Kier alpha value is -0.530. The van der Waals surface area contributed by atoms with Crippen LogP contribution in [-0.4, -0.2) is 11.1 Å². The van der Waals surface area contributed by atoms with Crippen LogP contribution >= 0.6 is 0 Å². The van der Waals surface area contributed by atoms with Crippen molar-refractivity contribution in [2.75, 3.05) is 0 Å². The first-order valence-electron chi connectivity index (χ1n) is 6.15. The fourth-order valence-corrected chi connectivity index (χ4v) is 3.22. The molecule has 2 nitrogen and oxygen atoms in total. The van der Waals surface area contributed by atoms with Crippen molar-refractivity contribution in [1.29, 1.82) is 0 Å². The smallest absolute Gasteiger partial charge is 0.310 e. The second-order valence-electron chi connectivity index (χ2n) is 5.61. The Morgan fingerprint density at radius 3 is 1.87 bits per heavy atom. The molecule has 0 aromatic heterocycles. The van der Waals surface area contributed by atoms with Gasteiger partial charge < -0.3 is 5.11 Å². The Morgan fingerprint density at radius 2 is 1.67 bits per heavy atom. The van der Waals surface area contributed by atoms with Crippen LogP contribution in [0.2, 0.25) is 0 Å². The highest BCUT2D eigenvalue weighted by atomic mass is 16.4. The highest BCUT2D eigenvalue weighted by Crippen LogP contribution is 2.69. The van der Waals surface area contributed by atoms with Crippen LogP contribution in [0.1, 0.15) is 59.8 Å². The minimum absolute atomic E-state index is 0.00778.